The van der Waals surface area contributed by atoms with E-state index in [9.17, 15) is 19.1 Å². The van der Waals surface area contributed by atoms with Crippen molar-refractivity contribution in [3.63, 3.8) is 0 Å². The van der Waals surface area contributed by atoms with Gasteiger partial charge >= 0.3 is 0 Å². The number of Topliss-reactive ketones (excluding diaryl/α,β-unsaturated/α-hetero) is 1. The Balaban J connectivity index is 1.85. The van der Waals surface area contributed by atoms with Crippen molar-refractivity contribution >= 4 is 29.1 Å². The van der Waals surface area contributed by atoms with Crippen LogP contribution in [0.5, 0.6) is 0 Å². The van der Waals surface area contributed by atoms with Gasteiger partial charge in [-0.05, 0) is 47.5 Å². The van der Waals surface area contributed by atoms with E-state index >= 15 is 0 Å². The molecule has 3 aromatic carbocycles. The fourth-order valence-electron chi connectivity index (χ4n) is 3.58. The van der Waals surface area contributed by atoms with Crippen molar-refractivity contribution in [1.29, 1.82) is 0 Å². The number of aliphatic hydroxyl groups is 1. The van der Waals surface area contributed by atoms with Crippen LogP contribution in [0, 0.1) is 5.82 Å². The normalized spacial score (nSPS) is 18.1. The van der Waals surface area contributed by atoms with Gasteiger partial charge in [0.2, 0.25) is 0 Å². The monoisotopic (exact) mass is 421 g/mol. The van der Waals surface area contributed by atoms with Gasteiger partial charge in [0, 0.05) is 17.1 Å². The quantitative estimate of drug-likeness (QED) is 0.362. The first-order valence-corrected chi connectivity index (χ1v) is 9.67. The number of hydrogen-bond acceptors (Lipinski definition) is 3. The Labute approximate surface area is 177 Å². The number of likely N-dealkylation sites (tertiary alicyclic amines) is 1. The molecule has 1 unspecified atom stereocenters. The van der Waals surface area contributed by atoms with Crippen molar-refractivity contribution in [3.8, 4) is 0 Å². The molecule has 1 heterocycles. The van der Waals surface area contributed by atoms with E-state index in [0.717, 1.165) is 5.56 Å². The van der Waals surface area contributed by atoms with Crippen molar-refractivity contribution in [2.45, 2.75) is 12.6 Å². The lowest BCUT2D eigenvalue weighted by Gasteiger charge is -2.25. The van der Waals surface area contributed by atoms with E-state index in [2.05, 4.69) is 0 Å². The number of carbonyl (C=O) groups is 2. The molecule has 0 bridgehead atoms. The summed E-state index contributed by atoms with van der Waals surface area (Å²) in [6, 6.07) is 20.3. The molecule has 4 nitrogen and oxygen atoms in total. The van der Waals surface area contributed by atoms with E-state index in [-0.39, 0.29) is 17.9 Å². The number of halogens is 2. The zero-order chi connectivity index (χ0) is 21.3. The maximum Gasteiger partial charge on any atom is 0.295 e. The molecule has 6 heteroatoms. The highest BCUT2D eigenvalue weighted by atomic mass is 35.5. The van der Waals surface area contributed by atoms with Gasteiger partial charge in [0.1, 0.15) is 11.6 Å². The minimum Gasteiger partial charge on any atom is -0.507 e. The topological polar surface area (TPSA) is 57.6 Å². The summed E-state index contributed by atoms with van der Waals surface area (Å²) in [7, 11) is 0. The smallest absolute Gasteiger partial charge is 0.295 e. The van der Waals surface area contributed by atoms with Gasteiger partial charge in [-0.15, -0.1) is 0 Å². The Kier molecular flexibility index (Phi) is 5.38. The van der Waals surface area contributed by atoms with Crippen LogP contribution >= 0.6 is 11.6 Å². The second-order valence-corrected chi connectivity index (χ2v) is 7.41. The van der Waals surface area contributed by atoms with Gasteiger partial charge in [0.15, 0.2) is 0 Å². The largest absolute Gasteiger partial charge is 0.507 e. The first-order chi connectivity index (χ1) is 14.5. The molecular weight excluding hydrogens is 405 g/mol. The Bertz CT molecular complexity index is 1130. The molecular formula is C24H17ClFNO3. The summed E-state index contributed by atoms with van der Waals surface area (Å²) in [4.78, 5) is 27.2. The second kappa shape index (κ2) is 8.13. The molecule has 4 rings (SSSR count). The van der Waals surface area contributed by atoms with E-state index in [1.807, 2.05) is 30.3 Å². The Morgan fingerprint density at radius 2 is 1.57 bits per heavy atom. The van der Waals surface area contributed by atoms with Crippen LogP contribution < -0.4 is 0 Å². The number of benzene rings is 3. The molecule has 1 aliphatic rings. The summed E-state index contributed by atoms with van der Waals surface area (Å²) in [5.41, 5.74) is 1.69. The first-order valence-electron chi connectivity index (χ1n) is 9.29. The number of rotatable bonds is 4. The maximum atomic E-state index is 13.5. The van der Waals surface area contributed by atoms with Crippen molar-refractivity contribution in [2.24, 2.45) is 0 Å². The lowest BCUT2D eigenvalue weighted by molar-refractivity contribution is -0.140. The highest BCUT2D eigenvalue weighted by Crippen LogP contribution is 2.40. The van der Waals surface area contributed by atoms with Gasteiger partial charge in [-0.1, -0.05) is 54.1 Å². The van der Waals surface area contributed by atoms with Gasteiger partial charge in [-0.3, -0.25) is 9.59 Å². The first kappa shape index (κ1) is 19.9. The average molecular weight is 422 g/mol. The minimum absolute atomic E-state index is 0.0372. The molecule has 1 saturated heterocycles. The molecule has 3 aromatic rings. The van der Waals surface area contributed by atoms with Crippen molar-refractivity contribution in [3.05, 3.63) is 112 Å². The SMILES string of the molecule is O=C1C(=O)N(Cc2ccccc2)C(c2ccc(F)cc2)C1=C(O)c1ccc(Cl)cc1. The Morgan fingerprint density at radius 3 is 2.20 bits per heavy atom. The number of carbonyl (C=O) groups excluding carboxylic acids is 2. The van der Waals surface area contributed by atoms with Crippen LogP contribution in [0.25, 0.3) is 5.76 Å². The lowest BCUT2D eigenvalue weighted by Crippen LogP contribution is -2.29. The summed E-state index contributed by atoms with van der Waals surface area (Å²) in [5, 5.41) is 11.4. The summed E-state index contributed by atoms with van der Waals surface area (Å²) < 4.78 is 13.5. The number of hydrogen-bond donors (Lipinski definition) is 1. The van der Waals surface area contributed by atoms with Gasteiger partial charge in [-0.2, -0.15) is 0 Å². The molecule has 0 aromatic heterocycles. The number of aliphatic hydroxyl groups excluding tert-OH is 1. The van der Waals surface area contributed by atoms with Crippen LogP contribution in [0.15, 0.2) is 84.4 Å². The molecule has 1 aliphatic heterocycles. The molecule has 1 atom stereocenters. The molecule has 0 spiro atoms. The third-order valence-corrected chi connectivity index (χ3v) is 5.29. The van der Waals surface area contributed by atoms with Crippen LogP contribution in [-0.2, 0) is 16.1 Å². The van der Waals surface area contributed by atoms with E-state index in [1.54, 1.807) is 24.3 Å². The van der Waals surface area contributed by atoms with E-state index in [4.69, 9.17) is 11.6 Å². The molecule has 0 radical (unpaired) electrons. The van der Waals surface area contributed by atoms with Crippen LogP contribution in [0.1, 0.15) is 22.7 Å². The van der Waals surface area contributed by atoms with Crippen molar-refractivity contribution in [1.82, 2.24) is 4.90 Å². The second-order valence-electron chi connectivity index (χ2n) is 6.97. The highest BCUT2D eigenvalue weighted by Gasteiger charge is 2.46. The van der Waals surface area contributed by atoms with Gasteiger partial charge in [0.05, 0.1) is 11.6 Å². The predicted molar refractivity (Wildman–Crippen MR) is 112 cm³/mol. The van der Waals surface area contributed by atoms with Crippen molar-refractivity contribution < 1.29 is 19.1 Å². The van der Waals surface area contributed by atoms with E-state index in [0.29, 0.717) is 16.1 Å². The van der Waals surface area contributed by atoms with Crippen molar-refractivity contribution in [2.75, 3.05) is 0 Å². The zero-order valence-corrected chi connectivity index (χ0v) is 16.5. The molecule has 1 fully saturated rings. The van der Waals surface area contributed by atoms with E-state index in [1.165, 1.54) is 29.2 Å². The highest BCUT2D eigenvalue weighted by molar-refractivity contribution is 6.46. The number of amides is 1. The lowest BCUT2D eigenvalue weighted by atomic mass is 9.95. The van der Waals surface area contributed by atoms with Gasteiger partial charge in [0.25, 0.3) is 11.7 Å². The van der Waals surface area contributed by atoms with Gasteiger partial charge in [-0.25, -0.2) is 4.39 Å². The molecule has 30 heavy (non-hydrogen) atoms. The average Bonchev–Trinajstić information content (AvgIpc) is 3.00. The molecule has 150 valence electrons. The van der Waals surface area contributed by atoms with E-state index < -0.39 is 23.5 Å². The van der Waals surface area contributed by atoms with Crippen LogP contribution in [0.4, 0.5) is 4.39 Å². The standard InChI is InChI=1S/C24H17ClFNO3/c25-18-10-6-17(7-11-18)22(28)20-21(16-8-12-19(26)13-9-16)27(24(30)23(20)29)14-15-4-2-1-3-5-15/h1-13,21,28H,14H2. The summed E-state index contributed by atoms with van der Waals surface area (Å²) in [6.45, 7) is 0.171. The number of nitrogens with zero attached hydrogens (tertiary/aromatic N) is 1. The van der Waals surface area contributed by atoms with Crippen LogP contribution in [0.3, 0.4) is 0 Å². The molecule has 0 aliphatic carbocycles. The fraction of sp³-hybridized carbons (Fsp3) is 0.0833. The zero-order valence-electron chi connectivity index (χ0n) is 15.8. The summed E-state index contributed by atoms with van der Waals surface area (Å²) in [6.07, 6.45) is 0. The predicted octanol–water partition coefficient (Wildman–Crippen LogP) is 5.10. The molecule has 0 saturated carbocycles. The molecule has 1 amide bonds. The fourth-order valence-corrected chi connectivity index (χ4v) is 3.70. The Morgan fingerprint density at radius 1 is 0.933 bits per heavy atom. The minimum atomic E-state index is -0.846. The third-order valence-electron chi connectivity index (χ3n) is 5.04. The number of ketones is 1. The molecule has 1 N–H and O–H groups in total. The van der Waals surface area contributed by atoms with Crippen LogP contribution in [0.2, 0.25) is 5.02 Å². The summed E-state index contributed by atoms with van der Waals surface area (Å²) >= 11 is 5.92. The summed E-state index contributed by atoms with van der Waals surface area (Å²) in [5.74, 6) is -2.23. The van der Waals surface area contributed by atoms with Gasteiger partial charge < -0.3 is 10.0 Å². The Hall–Kier alpha value is -3.44. The maximum absolute atomic E-state index is 13.5. The third kappa shape index (κ3) is 3.72. The van der Waals surface area contributed by atoms with Crippen LogP contribution in [-0.4, -0.2) is 21.7 Å².